The molecule has 0 aliphatic heterocycles. The first kappa shape index (κ1) is 12.4. The zero-order valence-corrected chi connectivity index (χ0v) is 10.4. The van der Waals surface area contributed by atoms with Crippen LogP contribution in [-0.2, 0) is 4.74 Å². The summed E-state index contributed by atoms with van der Waals surface area (Å²) in [6.45, 7) is 6.35. The molecule has 1 atom stereocenters. The molecule has 0 heterocycles. The van der Waals surface area contributed by atoms with E-state index in [0.717, 1.165) is 24.9 Å². The Morgan fingerprint density at radius 3 is 2.50 bits per heavy atom. The van der Waals surface area contributed by atoms with Gasteiger partial charge < -0.3 is 4.74 Å². The topological polar surface area (TPSA) is 9.23 Å². The molecule has 0 radical (unpaired) electrons. The van der Waals surface area contributed by atoms with Crippen molar-refractivity contribution < 1.29 is 4.74 Å². The van der Waals surface area contributed by atoms with Crippen molar-refractivity contribution in [2.45, 2.75) is 39.5 Å². The normalized spacial score (nSPS) is 19.7. The maximum atomic E-state index is 5.71. The third kappa shape index (κ3) is 4.22. The molecule has 0 amide bonds. The molecule has 1 nitrogen and oxygen atoms in total. The highest BCUT2D eigenvalue weighted by atomic mass is 32.1. The lowest BCUT2D eigenvalue weighted by Crippen LogP contribution is -2.19. The minimum absolute atomic E-state index is 0.625. The number of hydrogen-bond donors (Lipinski definition) is 1. The smallest absolute Gasteiger partial charge is 0.0504 e. The lowest BCUT2D eigenvalue weighted by atomic mass is 9.83. The van der Waals surface area contributed by atoms with E-state index in [0.29, 0.717) is 11.8 Å². The first-order valence-electron chi connectivity index (χ1n) is 5.92. The van der Waals surface area contributed by atoms with E-state index in [1.807, 2.05) is 0 Å². The maximum Gasteiger partial charge on any atom is 0.0504 e. The van der Waals surface area contributed by atoms with Crippen molar-refractivity contribution in [3.63, 3.8) is 0 Å². The molecular weight excluding hydrogens is 192 g/mol. The molecule has 1 saturated carbocycles. The summed E-state index contributed by atoms with van der Waals surface area (Å²) in [6.07, 6.45) is 5.58. The largest absolute Gasteiger partial charge is 0.381 e. The molecule has 0 aromatic heterocycles. The van der Waals surface area contributed by atoms with Crippen LogP contribution in [0.25, 0.3) is 0 Å². The van der Waals surface area contributed by atoms with Gasteiger partial charge in [-0.1, -0.05) is 33.1 Å². The van der Waals surface area contributed by atoms with Crippen LogP contribution >= 0.6 is 12.6 Å². The second-order valence-electron chi connectivity index (χ2n) is 4.85. The van der Waals surface area contributed by atoms with Crippen LogP contribution < -0.4 is 0 Å². The first-order chi connectivity index (χ1) is 6.74. The highest BCUT2D eigenvalue weighted by molar-refractivity contribution is 7.80. The quantitative estimate of drug-likeness (QED) is 0.507. The SMILES string of the molecule is CC(C)C(CS)COCCC1CCC1. The summed E-state index contributed by atoms with van der Waals surface area (Å²) in [6, 6.07) is 0. The van der Waals surface area contributed by atoms with Gasteiger partial charge in [-0.25, -0.2) is 0 Å². The van der Waals surface area contributed by atoms with Crippen LogP contribution in [0, 0.1) is 17.8 Å². The van der Waals surface area contributed by atoms with Gasteiger partial charge in [0.25, 0.3) is 0 Å². The molecule has 0 bridgehead atoms. The van der Waals surface area contributed by atoms with E-state index in [4.69, 9.17) is 4.74 Å². The van der Waals surface area contributed by atoms with Crippen molar-refractivity contribution in [1.29, 1.82) is 0 Å². The lowest BCUT2D eigenvalue weighted by Gasteiger charge is -2.25. The van der Waals surface area contributed by atoms with E-state index in [-0.39, 0.29) is 0 Å². The van der Waals surface area contributed by atoms with Crippen LogP contribution in [0.3, 0.4) is 0 Å². The summed E-state index contributed by atoms with van der Waals surface area (Å²) in [5.41, 5.74) is 0. The summed E-state index contributed by atoms with van der Waals surface area (Å²) < 4.78 is 5.71. The fourth-order valence-corrected chi connectivity index (χ4v) is 2.25. The van der Waals surface area contributed by atoms with Gasteiger partial charge in [0.15, 0.2) is 0 Å². The summed E-state index contributed by atoms with van der Waals surface area (Å²) in [7, 11) is 0. The first-order valence-corrected chi connectivity index (χ1v) is 6.56. The van der Waals surface area contributed by atoms with Crippen molar-refractivity contribution in [3.8, 4) is 0 Å². The Morgan fingerprint density at radius 1 is 1.36 bits per heavy atom. The Labute approximate surface area is 94.0 Å². The molecule has 1 fully saturated rings. The van der Waals surface area contributed by atoms with E-state index in [2.05, 4.69) is 26.5 Å². The van der Waals surface area contributed by atoms with Crippen LogP contribution in [0.4, 0.5) is 0 Å². The lowest BCUT2D eigenvalue weighted by molar-refractivity contribution is 0.0730. The minimum Gasteiger partial charge on any atom is -0.381 e. The van der Waals surface area contributed by atoms with E-state index < -0.39 is 0 Å². The van der Waals surface area contributed by atoms with Gasteiger partial charge in [-0.05, 0) is 29.9 Å². The summed E-state index contributed by atoms with van der Waals surface area (Å²) in [5, 5.41) is 0. The fraction of sp³-hybridized carbons (Fsp3) is 1.00. The monoisotopic (exact) mass is 216 g/mol. The Kier molecular flexibility index (Phi) is 5.95. The summed E-state index contributed by atoms with van der Waals surface area (Å²) in [5.74, 6) is 3.24. The van der Waals surface area contributed by atoms with Gasteiger partial charge >= 0.3 is 0 Å². The van der Waals surface area contributed by atoms with E-state index in [1.165, 1.54) is 25.7 Å². The number of thiol groups is 1. The Hall–Kier alpha value is 0.310. The van der Waals surface area contributed by atoms with Gasteiger partial charge in [0.1, 0.15) is 0 Å². The van der Waals surface area contributed by atoms with Crippen LogP contribution in [0.15, 0.2) is 0 Å². The van der Waals surface area contributed by atoms with Gasteiger partial charge in [-0.15, -0.1) is 0 Å². The molecular formula is C12H24OS. The third-order valence-electron chi connectivity index (χ3n) is 3.40. The predicted molar refractivity (Wildman–Crippen MR) is 65.0 cm³/mol. The van der Waals surface area contributed by atoms with Crippen LogP contribution in [-0.4, -0.2) is 19.0 Å². The molecule has 0 saturated heterocycles. The molecule has 0 aromatic rings. The van der Waals surface area contributed by atoms with Crippen molar-refractivity contribution in [2.24, 2.45) is 17.8 Å². The van der Waals surface area contributed by atoms with Gasteiger partial charge in [-0.2, -0.15) is 12.6 Å². The highest BCUT2D eigenvalue weighted by Gasteiger charge is 2.17. The van der Waals surface area contributed by atoms with Crippen LogP contribution in [0.5, 0.6) is 0 Å². The second kappa shape index (κ2) is 6.73. The Morgan fingerprint density at radius 2 is 2.07 bits per heavy atom. The predicted octanol–water partition coefficient (Wildman–Crippen LogP) is 3.40. The van der Waals surface area contributed by atoms with Gasteiger partial charge in [-0.3, -0.25) is 0 Å². The Balaban J connectivity index is 1.95. The molecule has 0 aromatic carbocycles. The van der Waals surface area contributed by atoms with Crippen molar-refractivity contribution >= 4 is 12.6 Å². The number of hydrogen-bond acceptors (Lipinski definition) is 2. The van der Waals surface area contributed by atoms with Gasteiger partial charge in [0.05, 0.1) is 6.61 Å². The number of rotatable bonds is 7. The molecule has 1 unspecified atom stereocenters. The Bertz CT molecular complexity index is 143. The molecule has 1 rings (SSSR count). The molecule has 2 heteroatoms. The fourth-order valence-electron chi connectivity index (χ4n) is 1.72. The standard InChI is InChI=1S/C12H24OS/c1-10(2)12(9-14)8-13-7-6-11-4-3-5-11/h10-12,14H,3-9H2,1-2H3. The molecule has 84 valence electrons. The third-order valence-corrected chi connectivity index (χ3v) is 3.87. The van der Waals surface area contributed by atoms with Crippen LogP contribution in [0.2, 0.25) is 0 Å². The van der Waals surface area contributed by atoms with E-state index in [1.54, 1.807) is 0 Å². The summed E-state index contributed by atoms with van der Waals surface area (Å²) >= 11 is 4.35. The average Bonchev–Trinajstić information content (AvgIpc) is 2.07. The van der Waals surface area contributed by atoms with E-state index >= 15 is 0 Å². The van der Waals surface area contributed by atoms with Crippen molar-refractivity contribution in [1.82, 2.24) is 0 Å². The van der Waals surface area contributed by atoms with Crippen molar-refractivity contribution in [2.75, 3.05) is 19.0 Å². The molecule has 14 heavy (non-hydrogen) atoms. The maximum absolute atomic E-state index is 5.71. The average molecular weight is 216 g/mol. The van der Waals surface area contributed by atoms with E-state index in [9.17, 15) is 0 Å². The number of ether oxygens (including phenoxy) is 1. The van der Waals surface area contributed by atoms with Crippen molar-refractivity contribution in [3.05, 3.63) is 0 Å². The molecule has 0 N–H and O–H groups in total. The zero-order chi connectivity index (χ0) is 10.4. The summed E-state index contributed by atoms with van der Waals surface area (Å²) in [4.78, 5) is 0. The van der Waals surface area contributed by atoms with Crippen LogP contribution in [0.1, 0.15) is 39.5 Å². The van der Waals surface area contributed by atoms with Gasteiger partial charge in [0, 0.05) is 6.61 Å². The molecule has 0 spiro atoms. The minimum atomic E-state index is 0.625. The highest BCUT2D eigenvalue weighted by Crippen LogP contribution is 2.29. The molecule has 1 aliphatic rings. The second-order valence-corrected chi connectivity index (χ2v) is 5.21. The van der Waals surface area contributed by atoms with Gasteiger partial charge in [0.2, 0.25) is 0 Å². The zero-order valence-electron chi connectivity index (χ0n) is 9.54. The molecule has 1 aliphatic carbocycles.